The minimum atomic E-state index is -0.134. The molecule has 0 aliphatic heterocycles. The molecular formula is C14H15N3O2S. The fourth-order valence-electron chi connectivity index (χ4n) is 1.59. The lowest BCUT2D eigenvalue weighted by Crippen LogP contribution is -2.25. The van der Waals surface area contributed by atoms with Crippen LogP contribution in [-0.2, 0) is 0 Å². The first kappa shape index (κ1) is 14.3. The second kappa shape index (κ2) is 6.89. The maximum atomic E-state index is 12.1. The highest BCUT2D eigenvalue weighted by molar-refractivity contribution is 7.10. The molecule has 104 valence electrons. The number of hydrogen-bond donors (Lipinski definition) is 3. The van der Waals surface area contributed by atoms with E-state index in [0.29, 0.717) is 12.0 Å². The summed E-state index contributed by atoms with van der Waals surface area (Å²) < 4.78 is 0. The van der Waals surface area contributed by atoms with Gasteiger partial charge in [-0.3, -0.25) is 9.89 Å². The van der Waals surface area contributed by atoms with Crippen LogP contribution in [-0.4, -0.2) is 27.8 Å². The molecule has 2 aromatic heterocycles. The normalized spacial score (nSPS) is 11.5. The fourth-order valence-corrected chi connectivity index (χ4v) is 2.34. The molecule has 1 atom stereocenters. The van der Waals surface area contributed by atoms with Crippen molar-refractivity contribution in [1.82, 2.24) is 15.5 Å². The molecular weight excluding hydrogens is 274 g/mol. The Kier molecular flexibility index (Phi) is 4.93. The Morgan fingerprint density at radius 1 is 1.65 bits per heavy atom. The lowest BCUT2D eigenvalue weighted by molar-refractivity contribution is 0.0940. The number of carbonyl (C=O) groups excluding carboxylic acids is 1. The number of carbonyl (C=O) groups is 1. The van der Waals surface area contributed by atoms with Gasteiger partial charge >= 0.3 is 0 Å². The molecule has 0 fully saturated rings. The number of aromatic amines is 1. The monoisotopic (exact) mass is 289 g/mol. The molecule has 0 spiro atoms. The molecule has 0 saturated heterocycles. The number of aromatic nitrogens is 2. The van der Waals surface area contributed by atoms with Gasteiger partial charge in [0.15, 0.2) is 0 Å². The van der Waals surface area contributed by atoms with Crippen molar-refractivity contribution in [2.45, 2.75) is 19.4 Å². The van der Waals surface area contributed by atoms with Gasteiger partial charge in [0.2, 0.25) is 0 Å². The molecule has 0 aromatic carbocycles. The maximum Gasteiger partial charge on any atom is 0.252 e. The summed E-state index contributed by atoms with van der Waals surface area (Å²) in [4.78, 5) is 12.9. The first-order valence-corrected chi connectivity index (χ1v) is 7.06. The zero-order chi connectivity index (χ0) is 14.4. The second-order valence-corrected chi connectivity index (χ2v) is 5.11. The third-order valence-electron chi connectivity index (χ3n) is 2.68. The molecule has 0 radical (unpaired) electrons. The molecule has 6 heteroatoms. The minimum absolute atomic E-state index is 0.0495. The van der Waals surface area contributed by atoms with Gasteiger partial charge in [-0.2, -0.15) is 5.10 Å². The number of hydrogen-bond acceptors (Lipinski definition) is 4. The van der Waals surface area contributed by atoms with Gasteiger partial charge < -0.3 is 10.4 Å². The van der Waals surface area contributed by atoms with Crippen LogP contribution >= 0.6 is 11.3 Å². The summed E-state index contributed by atoms with van der Waals surface area (Å²) in [6.07, 6.45) is 3.88. The summed E-state index contributed by atoms with van der Waals surface area (Å²) in [7, 11) is 0. The lowest BCUT2D eigenvalue weighted by Gasteiger charge is -2.10. The number of aliphatic hydroxyl groups is 1. The molecule has 1 amide bonds. The van der Waals surface area contributed by atoms with Crippen molar-refractivity contribution >= 4 is 17.2 Å². The quantitative estimate of drug-likeness (QED) is 0.750. The van der Waals surface area contributed by atoms with E-state index in [1.165, 1.54) is 11.3 Å². The van der Waals surface area contributed by atoms with Gasteiger partial charge in [-0.05, 0) is 13.0 Å². The van der Waals surface area contributed by atoms with E-state index < -0.39 is 0 Å². The molecule has 0 bridgehead atoms. The molecule has 5 nitrogen and oxygen atoms in total. The Bertz CT molecular complexity index is 622. The SMILES string of the molecule is CC(NC(=O)c1csc(C#CCCO)c1)c1cn[nH]c1. The summed E-state index contributed by atoms with van der Waals surface area (Å²) in [6.45, 7) is 1.95. The zero-order valence-electron chi connectivity index (χ0n) is 11.0. The van der Waals surface area contributed by atoms with Crippen molar-refractivity contribution < 1.29 is 9.90 Å². The molecule has 20 heavy (non-hydrogen) atoms. The largest absolute Gasteiger partial charge is 0.395 e. The Morgan fingerprint density at radius 2 is 2.50 bits per heavy atom. The van der Waals surface area contributed by atoms with Gasteiger partial charge in [0.25, 0.3) is 5.91 Å². The molecule has 3 N–H and O–H groups in total. The second-order valence-electron chi connectivity index (χ2n) is 4.20. The Balaban J connectivity index is 1.98. The first-order chi connectivity index (χ1) is 9.70. The number of aliphatic hydroxyl groups excluding tert-OH is 1. The fraction of sp³-hybridized carbons (Fsp3) is 0.286. The summed E-state index contributed by atoms with van der Waals surface area (Å²) in [5.74, 6) is 5.61. The van der Waals surface area contributed by atoms with Crippen LogP contribution in [0.5, 0.6) is 0 Å². The minimum Gasteiger partial charge on any atom is -0.395 e. The molecule has 2 aromatic rings. The van der Waals surface area contributed by atoms with Crippen LogP contribution < -0.4 is 5.32 Å². The van der Waals surface area contributed by atoms with Crippen LogP contribution in [0.1, 0.15) is 40.2 Å². The smallest absolute Gasteiger partial charge is 0.252 e. The van der Waals surface area contributed by atoms with Crippen LogP contribution in [0.4, 0.5) is 0 Å². The van der Waals surface area contributed by atoms with E-state index in [9.17, 15) is 4.79 Å². The van der Waals surface area contributed by atoms with Crippen LogP contribution in [0.3, 0.4) is 0 Å². The van der Waals surface area contributed by atoms with Crippen LogP contribution in [0, 0.1) is 11.8 Å². The summed E-state index contributed by atoms with van der Waals surface area (Å²) >= 11 is 1.42. The average molecular weight is 289 g/mol. The Hall–Kier alpha value is -2.10. The van der Waals surface area contributed by atoms with Crippen molar-refractivity contribution in [2.24, 2.45) is 0 Å². The number of nitrogens with zero attached hydrogens (tertiary/aromatic N) is 1. The number of thiophene rings is 1. The summed E-state index contributed by atoms with van der Waals surface area (Å²) in [5, 5.41) is 19.9. The lowest BCUT2D eigenvalue weighted by atomic mass is 10.2. The van der Waals surface area contributed by atoms with Gasteiger partial charge in [0.1, 0.15) is 0 Å². The van der Waals surface area contributed by atoms with E-state index in [1.54, 1.807) is 23.8 Å². The highest BCUT2D eigenvalue weighted by Gasteiger charge is 2.13. The van der Waals surface area contributed by atoms with Crippen LogP contribution in [0.2, 0.25) is 0 Å². The highest BCUT2D eigenvalue weighted by atomic mass is 32.1. The number of H-pyrrole nitrogens is 1. The molecule has 2 heterocycles. The average Bonchev–Trinajstić information content (AvgIpc) is 3.10. The molecule has 2 rings (SSSR count). The van der Waals surface area contributed by atoms with Crippen molar-refractivity contribution in [2.75, 3.05) is 6.61 Å². The highest BCUT2D eigenvalue weighted by Crippen LogP contribution is 2.16. The van der Waals surface area contributed by atoms with Crippen LogP contribution in [0.25, 0.3) is 0 Å². The van der Waals surface area contributed by atoms with Crippen molar-refractivity contribution in [3.8, 4) is 11.8 Å². The molecule has 0 aliphatic carbocycles. The number of amides is 1. The van der Waals surface area contributed by atoms with Gasteiger partial charge in [-0.25, -0.2) is 0 Å². The predicted molar refractivity (Wildman–Crippen MR) is 77.4 cm³/mol. The summed E-state index contributed by atoms with van der Waals surface area (Å²) in [5.41, 5.74) is 1.52. The molecule has 0 aliphatic rings. The number of nitrogens with one attached hydrogen (secondary N) is 2. The van der Waals surface area contributed by atoms with Gasteiger partial charge in [0, 0.05) is 23.6 Å². The predicted octanol–water partition coefficient (Wildman–Crippen LogP) is 1.70. The van der Waals surface area contributed by atoms with E-state index in [0.717, 1.165) is 10.4 Å². The third-order valence-corrected chi connectivity index (χ3v) is 3.52. The van der Waals surface area contributed by atoms with E-state index in [1.807, 2.05) is 6.92 Å². The Labute approximate surface area is 121 Å². The zero-order valence-corrected chi connectivity index (χ0v) is 11.8. The number of rotatable bonds is 4. The first-order valence-electron chi connectivity index (χ1n) is 6.18. The van der Waals surface area contributed by atoms with E-state index in [2.05, 4.69) is 27.4 Å². The summed E-state index contributed by atoms with van der Waals surface area (Å²) in [6, 6.07) is 1.65. The van der Waals surface area contributed by atoms with E-state index in [-0.39, 0.29) is 18.6 Å². The molecule has 0 saturated carbocycles. The van der Waals surface area contributed by atoms with Crippen LogP contribution in [0.15, 0.2) is 23.8 Å². The van der Waals surface area contributed by atoms with E-state index in [4.69, 9.17) is 5.11 Å². The van der Waals surface area contributed by atoms with Gasteiger partial charge in [0.05, 0.1) is 29.3 Å². The Morgan fingerprint density at radius 3 is 3.20 bits per heavy atom. The standard InChI is InChI=1S/C14H15N3O2S/c1-10(12-7-15-16-8-12)17-14(19)11-6-13(20-9-11)4-2-3-5-18/h6-10,18H,3,5H2,1H3,(H,15,16)(H,17,19). The van der Waals surface area contributed by atoms with Gasteiger partial charge in [-0.15, -0.1) is 11.3 Å². The van der Waals surface area contributed by atoms with Crippen molar-refractivity contribution in [3.63, 3.8) is 0 Å². The van der Waals surface area contributed by atoms with Crippen molar-refractivity contribution in [1.29, 1.82) is 0 Å². The third kappa shape index (κ3) is 3.70. The maximum absolute atomic E-state index is 12.1. The topological polar surface area (TPSA) is 78.0 Å². The van der Waals surface area contributed by atoms with E-state index >= 15 is 0 Å². The molecule has 1 unspecified atom stereocenters. The van der Waals surface area contributed by atoms with Gasteiger partial charge in [-0.1, -0.05) is 11.8 Å². The van der Waals surface area contributed by atoms with Crippen molar-refractivity contribution in [3.05, 3.63) is 39.8 Å².